The third-order valence-electron chi connectivity index (χ3n) is 9.47. The van der Waals surface area contributed by atoms with Crippen molar-refractivity contribution in [2.75, 3.05) is 52.4 Å². The molecule has 0 amide bonds. The van der Waals surface area contributed by atoms with Gasteiger partial charge in [-0.1, -0.05) is 17.7 Å². The summed E-state index contributed by atoms with van der Waals surface area (Å²) in [4.78, 5) is 10.5. The van der Waals surface area contributed by atoms with E-state index in [9.17, 15) is 0 Å². The number of hydrogen-bond acceptors (Lipinski definition) is 6. The van der Waals surface area contributed by atoms with Crippen molar-refractivity contribution in [2.24, 2.45) is 5.92 Å². The minimum Gasteiger partial charge on any atom is -0.491 e. The zero-order chi connectivity index (χ0) is 28.6. The lowest BCUT2D eigenvalue weighted by Crippen LogP contribution is -2.40. The topological polar surface area (TPSA) is 54.8 Å². The van der Waals surface area contributed by atoms with Crippen LogP contribution in [0.15, 0.2) is 42.5 Å². The van der Waals surface area contributed by atoms with Crippen molar-refractivity contribution < 1.29 is 9.47 Å². The van der Waals surface area contributed by atoms with E-state index >= 15 is 0 Å². The van der Waals surface area contributed by atoms with Crippen LogP contribution < -0.4 is 14.8 Å². The van der Waals surface area contributed by atoms with Crippen molar-refractivity contribution in [1.29, 1.82) is 0 Å². The molecule has 0 aliphatic carbocycles. The van der Waals surface area contributed by atoms with Gasteiger partial charge in [0.05, 0.1) is 12.1 Å². The van der Waals surface area contributed by atoms with E-state index in [1.165, 1.54) is 71.1 Å². The Hall–Kier alpha value is -2.32. The maximum absolute atomic E-state index is 6.42. The van der Waals surface area contributed by atoms with Crippen LogP contribution >= 0.6 is 11.6 Å². The van der Waals surface area contributed by atoms with Crippen LogP contribution in [0.3, 0.4) is 0 Å². The first-order valence-corrected chi connectivity index (χ1v) is 16.8. The van der Waals surface area contributed by atoms with Crippen LogP contribution in [0.25, 0.3) is 11.0 Å². The van der Waals surface area contributed by atoms with Gasteiger partial charge < -0.3 is 24.3 Å². The summed E-state index contributed by atoms with van der Waals surface area (Å²) in [7, 11) is 0. The van der Waals surface area contributed by atoms with Crippen molar-refractivity contribution >= 4 is 22.6 Å². The molecule has 0 radical (unpaired) electrons. The molecule has 3 fully saturated rings. The highest BCUT2D eigenvalue weighted by molar-refractivity contribution is 6.30. The molecule has 3 saturated heterocycles. The van der Waals surface area contributed by atoms with Crippen molar-refractivity contribution in [1.82, 2.24) is 24.7 Å². The van der Waals surface area contributed by atoms with Crippen LogP contribution in [-0.2, 0) is 13.2 Å². The van der Waals surface area contributed by atoms with Gasteiger partial charge in [-0.3, -0.25) is 4.90 Å². The number of hydrogen-bond donors (Lipinski definition) is 1. The molecule has 0 bridgehead atoms. The Bertz CT molecular complexity index is 1250. The number of para-hydroxylation sites is 1. The summed E-state index contributed by atoms with van der Waals surface area (Å²) in [6.45, 7) is 10.5. The van der Waals surface area contributed by atoms with Crippen molar-refractivity contribution in [2.45, 2.75) is 77.0 Å². The molecular formula is C34H48ClN5O2. The maximum Gasteiger partial charge on any atom is 0.148 e. The molecule has 1 aromatic heterocycles. The van der Waals surface area contributed by atoms with Gasteiger partial charge in [0.1, 0.15) is 29.4 Å². The average molecular weight is 594 g/mol. The zero-order valence-corrected chi connectivity index (χ0v) is 25.9. The molecule has 6 rings (SSSR count). The highest BCUT2D eigenvalue weighted by Gasteiger charge is 2.27. The second-order valence-corrected chi connectivity index (χ2v) is 12.9. The van der Waals surface area contributed by atoms with Crippen LogP contribution in [0.2, 0.25) is 5.02 Å². The molecule has 0 spiro atoms. The Morgan fingerprint density at radius 1 is 0.881 bits per heavy atom. The van der Waals surface area contributed by atoms with Crippen LogP contribution in [-0.4, -0.2) is 77.8 Å². The smallest absolute Gasteiger partial charge is 0.148 e. The summed E-state index contributed by atoms with van der Waals surface area (Å²) in [6, 6.07) is 14.6. The fraction of sp³-hybridized carbons (Fsp3) is 0.618. The maximum atomic E-state index is 6.42. The summed E-state index contributed by atoms with van der Waals surface area (Å²) in [5, 5.41) is 4.20. The zero-order valence-electron chi connectivity index (χ0n) is 25.1. The van der Waals surface area contributed by atoms with E-state index in [2.05, 4.69) is 37.9 Å². The summed E-state index contributed by atoms with van der Waals surface area (Å²) in [5.41, 5.74) is 2.08. The van der Waals surface area contributed by atoms with E-state index in [0.29, 0.717) is 18.2 Å². The number of halogens is 1. The van der Waals surface area contributed by atoms with Crippen molar-refractivity contribution in [3.05, 3.63) is 53.3 Å². The number of rotatable bonds is 14. The van der Waals surface area contributed by atoms with E-state index in [4.69, 9.17) is 26.1 Å². The molecule has 1 N–H and O–H groups in total. The number of aromatic nitrogens is 2. The lowest BCUT2D eigenvalue weighted by Gasteiger charge is -2.28. The third-order valence-corrected chi connectivity index (χ3v) is 9.72. The molecule has 0 unspecified atom stereocenters. The van der Waals surface area contributed by atoms with Gasteiger partial charge in [-0.2, -0.15) is 0 Å². The molecule has 4 heterocycles. The predicted octanol–water partition coefficient (Wildman–Crippen LogP) is 6.38. The number of ether oxygens (including phenoxy) is 2. The molecule has 7 nitrogen and oxygen atoms in total. The minimum absolute atomic E-state index is 0.413. The first kappa shape index (κ1) is 29.7. The summed E-state index contributed by atoms with van der Waals surface area (Å²) >= 11 is 6.08. The first-order chi connectivity index (χ1) is 20.7. The normalized spacial score (nSPS) is 20.5. The van der Waals surface area contributed by atoms with Gasteiger partial charge in [-0.25, -0.2) is 4.98 Å². The first-order valence-electron chi connectivity index (χ1n) is 16.4. The number of benzene rings is 2. The van der Waals surface area contributed by atoms with Gasteiger partial charge in [0.2, 0.25) is 0 Å². The molecule has 3 aromatic rings. The molecule has 228 valence electrons. The van der Waals surface area contributed by atoms with E-state index in [1.807, 2.05) is 24.3 Å². The van der Waals surface area contributed by atoms with E-state index < -0.39 is 0 Å². The van der Waals surface area contributed by atoms with Crippen molar-refractivity contribution in [3.63, 3.8) is 0 Å². The van der Waals surface area contributed by atoms with Gasteiger partial charge in [0.15, 0.2) is 0 Å². The van der Waals surface area contributed by atoms with E-state index in [0.717, 1.165) is 79.3 Å². The Kier molecular flexibility index (Phi) is 10.6. The monoisotopic (exact) mass is 593 g/mol. The lowest BCUT2D eigenvalue weighted by molar-refractivity contribution is 0.179. The number of nitrogens with one attached hydrogen (secondary N) is 1. The second kappa shape index (κ2) is 14.9. The molecule has 3 aliphatic heterocycles. The number of nitrogens with zero attached hydrogens (tertiary/aromatic N) is 4. The molecule has 1 atom stereocenters. The molecule has 2 aromatic carbocycles. The SMILES string of the molecule is Clc1ccc(OCc2nc3c(OCCCN4CCC[C@@H]4CN4CCCC4)cccc3n2CCCC2CCNCC2)cc1. The number of imidazole rings is 1. The van der Waals surface area contributed by atoms with Crippen molar-refractivity contribution in [3.8, 4) is 11.5 Å². The van der Waals surface area contributed by atoms with E-state index in [-0.39, 0.29) is 0 Å². The molecular weight excluding hydrogens is 546 g/mol. The predicted molar refractivity (Wildman–Crippen MR) is 171 cm³/mol. The standard InChI is InChI=1S/C34H48ClN5O2/c35-28-11-13-30(14-12-28)42-26-33-37-34-31(40(33)23-4-7-27-15-17-36-18-16-27)9-3-10-32(34)41-24-6-22-39-21-5-8-29(39)25-38-19-1-2-20-38/h3,9-14,27,29,36H,1-2,4-8,15-26H2/t29-/m1/s1. The molecule has 42 heavy (non-hydrogen) atoms. The Morgan fingerprint density at radius 2 is 1.71 bits per heavy atom. The van der Waals surface area contributed by atoms with E-state index in [1.54, 1.807) is 0 Å². The fourth-order valence-electron chi connectivity index (χ4n) is 7.14. The van der Waals surface area contributed by atoms with Gasteiger partial charge in [-0.05, 0) is 133 Å². The fourth-order valence-corrected chi connectivity index (χ4v) is 7.27. The largest absolute Gasteiger partial charge is 0.491 e. The quantitative estimate of drug-likeness (QED) is 0.219. The summed E-state index contributed by atoms with van der Waals surface area (Å²) in [5.74, 6) is 3.45. The van der Waals surface area contributed by atoms with Gasteiger partial charge >= 0.3 is 0 Å². The summed E-state index contributed by atoms with van der Waals surface area (Å²) in [6.07, 6.45) is 11.4. The van der Waals surface area contributed by atoms with Crippen LogP contribution in [0.1, 0.15) is 63.6 Å². The number of aryl methyl sites for hydroxylation is 1. The lowest BCUT2D eigenvalue weighted by atomic mass is 9.93. The minimum atomic E-state index is 0.413. The number of likely N-dealkylation sites (tertiary alicyclic amines) is 2. The number of piperidine rings is 1. The average Bonchev–Trinajstić information content (AvgIpc) is 3.77. The number of fused-ring (bicyclic) bond motifs is 1. The van der Waals surface area contributed by atoms with Gasteiger partial charge in [0, 0.05) is 30.7 Å². The van der Waals surface area contributed by atoms with Crippen LogP contribution in [0, 0.1) is 5.92 Å². The highest BCUT2D eigenvalue weighted by atomic mass is 35.5. The Morgan fingerprint density at radius 3 is 2.55 bits per heavy atom. The van der Waals surface area contributed by atoms with Gasteiger partial charge in [0.25, 0.3) is 0 Å². The third kappa shape index (κ3) is 7.79. The molecule has 3 aliphatic rings. The Balaban J connectivity index is 1.09. The highest BCUT2D eigenvalue weighted by Crippen LogP contribution is 2.29. The summed E-state index contributed by atoms with van der Waals surface area (Å²) < 4.78 is 14.9. The molecule has 8 heteroatoms. The van der Waals surface area contributed by atoms with Crippen LogP contribution in [0.5, 0.6) is 11.5 Å². The molecule has 0 saturated carbocycles. The second-order valence-electron chi connectivity index (χ2n) is 12.4. The Labute approximate surface area is 256 Å². The van der Waals surface area contributed by atoms with Crippen LogP contribution in [0.4, 0.5) is 0 Å². The van der Waals surface area contributed by atoms with Gasteiger partial charge in [-0.15, -0.1) is 0 Å².